The van der Waals surface area contributed by atoms with E-state index < -0.39 is 21.4 Å². The average molecular weight is 546 g/mol. The van der Waals surface area contributed by atoms with Gasteiger partial charge in [-0.3, -0.25) is 13.9 Å². The third kappa shape index (κ3) is 3.43. The van der Waals surface area contributed by atoms with Gasteiger partial charge in [0.1, 0.15) is 17.0 Å². The summed E-state index contributed by atoms with van der Waals surface area (Å²) in [7, 11) is -0.751. The molecule has 11 heteroatoms. The van der Waals surface area contributed by atoms with E-state index in [0.717, 1.165) is 10.6 Å². The van der Waals surface area contributed by atoms with Crippen molar-refractivity contribution in [3.8, 4) is 11.1 Å². The van der Waals surface area contributed by atoms with Crippen LogP contribution in [0.1, 0.15) is 0 Å². The first-order valence-electron chi connectivity index (χ1n) is 9.98. The number of pyridine rings is 2. The van der Waals surface area contributed by atoms with Crippen molar-refractivity contribution in [1.82, 2.24) is 9.55 Å². The summed E-state index contributed by atoms with van der Waals surface area (Å²) in [6.45, 7) is 0. The van der Waals surface area contributed by atoms with E-state index in [1.807, 2.05) is 0 Å². The molecule has 5 aromatic rings. The molecule has 0 aliphatic carbocycles. The summed E-state index contributed by atoms with van der Waals surface area (Å²) >= 11 is 3.38. The first kappa shape index (κ1) is 22.4. The molecule has 0 bridgehead atoms. The van der Waals surface area contributed by atoms with Gasteiger partial charge in [0.2, 0.25) is 10.0 Å². The van der Waals surface area contributed by atoms with Crippen LogP contribution in [-0.4, -0.2) is 31.3 Å². The molecule has 8 nitrogen and oxygen atoms in total. The molecule has 5 rings (SSSR count). The number of hydrogen-bond acceptors (Lipinski definition) is 5. The van der Waals surface area contributed by atoms with Crippen LogP contribution in [0.3, 0.4) is 0 Å². The predicted molar refractivity (Wildman–Crippen MR) is 133 cm³/mol. The smallest absolute Gasteiger partial charge is 0.260 e. The van der Waals surface area contributed by atoms with Crippen LogP contribution in [0.2, 0.25) is 0 Å². The van der Waals surface area contributed by atoms with Gasteiger partial charge in [-0.2, -0.15) is 0 Å². The van der Waals surface area contributed by atoms with Gasteiger partial charge in [-0.05, 0) is 46.3 Å². The minimum Gasteiger partial charge on any atom is -0.455 e. The van der Waals surface area contributed by atoms with Crippen LogP contribution in [0.5, 0.6) is 0 Å². The molecule has 0 unspecified atom stereocenters. The topological polar surface area (TPSA) is 105 Å². The van der Waals surface area contributed by atoms with Crippen LogP contribution < -0.4 is 15.4 Å². The van der Waals surface area contributed by atoms with Crippen LogP contribution in [0.4, 0.5) is 10.1 Å². The Hall–Kier alpha value is -3.44. The number of aromatic nitrogens is 2. The molecule has 0 spiro atoms. The number of sulfonamides is 1. The molecule has 3 aromatic heterocycles. The van der Waals surface area contributed by atoms with Crippen molar-refractivity contribution in [2.24, 2.45) is 7.05 Å². The van der Waals surface area contributed by atoms with Gasteiger partial charge in [-0.15, -0.1) is 0 Å². The molecule has 34 heavy (non-hydrogen) atoms. The van der Waals surface area contributed by atoms with Gasteiger partial charge in [0, 0.05) is 47.2 Å². The molecule has 3 heterocycles. The van der Waals surface area contributed by atoms with E-state index in [0.29, 0.717) is 20.8 Å². The summed E-state index contributed by atoms with van der Waals surface area (Å²) in [5.74, 6) is -0.511. The fourth-order valence-corrected chi connectivity index (χ4v) is 5.11. The number of aromatic amines is 1. The number of H-pyrrole nitrogens is 1. The van der Waals surface area contributed by atoms with Crippen molar-refractivity contribution in [3.05, 3.63) is 73.6 Å². The summed E-state index contributed by atoms with van der Waals surface area (Å²) in [6.07, 6.45) is 2.64. The van der Waals surface area contributed by atoms with Gasteiger partial charge >= 0.3 is 0 Å². The van der Waals surface area contributed by atoms with E-state index in [1.165, 1.54) is 35.9 Å². The number of benzene rings is 2. The zero-order valence-electron chi connectivity index (χ0n) is 18.1. The van der Waals surface area contributed by atoms with Crippen molar-refractivity contribution < 1.29 is 17.2 Å². The number of nitrogens with zero attached hydrogens (tertiary/aromatic N) is 2. The van der Waals surface area contributed by atoms with E-state index >= 15 is 0 Å². The van der Waals surface area contributed by atoms with Gasteiger partial charge in [-0.25, -0.2) is 12.8 Å². The third-order valence-corrected chi connectivity index (χ3v) is 7.41. The highest BCUT2D eigenvalue weighted by Gasteiger charge is 2.24. The van der Waals surface area contributed by atoms with E-state index in [2.05, 4.69) is 20.9 Å². The van der Waals surface area contributed by atoms with Crippen LogP contribution in [0.15, 0.2) is 61.1 Å². The van der Waals surface area contributed by atoms with Gasteiger partial charge in [-0.1, -0.05) is 0 Å². The van der Waals surface area contributed by atoms with E-state index in [-0.39, 0.29) is 38.9 Å². The second-order valence-electron chi connectivity index (χ2n) is 8.03. The van der Waals surface area contributed by atoms with Gasteiger partial charge < -0.3 is 14.0 Å². The zero-order chi connectivity index (χ0) is 24.5. The average Bonchev–Trinajstić information content (AvgIpc) is 3.13. The Kier molecular flexibility index (Phi) is 4.96. The van der Waals surface area contributed by atoms with Crippen LogP contribution in [0.25, 0.3) is 44.0 Å². The lowest BCUT2D eigenvalue weighted by molar-refractivity contribution is 0.600. The highest BCUT2D eigenvalue weighted by Crippen LogP contribution is 2.39. The molecular formula is C23H17BrFN3O5S. The Labute approximate surface area is 200 Å². The number of fused-ring (bicyclic) bond motifs is 5. The molecular weight excluding hydrogens is 529 g/mol. The van der Waals surface area contributed by atoms with Gasteiger partial charge in [0.15, 0.2) is 0 Å². The first-order chi connectivity index (χ1) is 16.0. The zero-order valence-corrected chi connectivity index (χ0v) is 20.5. The Morgan fingerprint density at radius 2 is 1.82 bits per heavy atom. The fraction of sp³-hybridized carbons (Fsp3) is 0.130. The number of rotatable bonds is 3. The highest BCUT2D eigenvalue weighted by molar-refractivity contribution is 9.10. The van der Waals surface area contributed by atoms with Crippen LogP contribution in [0, 0.1) is 5.82 Å². The molecule has 2 aromatic carbocycles. The normalized spacial score (nSPS) is 12.1. The van der Waals surface area contributed by atoms with E-state index in [1.54, 1.807) is 25.4 Å². The molecule has 0 atom stereocenters. The molecule has 1 N–H and O–H groups in total. The summed E-state index contributed by atoms with van der Waals surface area (Å²) in [6, 6.07) is 8.61. The minimum absolute atomic E-state index is 0.205. The lowest BCUT2D eigenvalue weighted by Gasteiger charge is -2.20. The molecule has 0 aliphatic heterocycles. The van der Waals surface area contributed by atoms with Crippen molar-refractivity contribution in [2.45, 2.75) is 0 Å². The summed E-state index contributed by atoms with van der Waals surface area (Å²) in [4.78, 5) is 28.6. The Morgan fingerprint density at radius 3 is 2.53 bits per heavy atom. The van der Waals surface area contributed by atoms with Crippen LogP contribution >= 0.6 is 15.9 Å². The standard InChI is InChI=1S/C23H17BrFN3O5S/c1-27-10-11(24)6-15(23(27)30)14-8-16-19(9-18(14)28(2)34(3,31)32)33-21-13-5-4-12(25)7-17(13)26-22(29)20(16)21/h4-10H,1-3H3,(H,26,29). The SMILES string of the molecule is CN(c1cc2oc3c4ccc(F)cc4[nH]c(=O)c3c2cc1-c1cc(Br)cn(C)c1=O)S(C)(=O)=O. The summed E-state index contributed by atoms with van der Waals surface area (Å²) in [5.41, 5.74) is 0.653. The predicted octanol–water partition coefficient (Wildman–Crippen LogP) is 4.09. The van der Waals surface area contributed by atoms with Crippen molar-refractivity contribution in [1.29, 1.82) is 0 Å². The second-order valence-corrected chi connectivity index (χ2v) is 11.0. The van der Waals surface area contributed by atoms with Crippen molar-refractivity contribution in [3.63, 3.8) is 0 Å². The first-order valence-corrected chi connectivity index (χ1v) is 12.6. The number of anilines is 1. The largest absolute Gasteiger partial charge is 0.455 e. The third-order valence-electron chi connectivity index (χ3n) is 5.78. The number of furan rings is 1. The summed E-state index contributed by atoms with van der Waals surface area (Å²) in [5, 5.41) is 1.10. The fourth-order valence-electron chi connectivity index (χ4n) is 4.07. The van der Waals surface area contributed by atoms with Crippen molar-refractivity contribution >= 4 is 64.5 Å². The second kappa shape index (κ2) is 7.54. The van der Waals surface area contributed by atoms with E-state index in [4.69, 9.17) is 4.42 Å². The van der Waals surface area contributed by atoms with E-state index in [9.17, 15) is 22.4 Å². The monoisotopic (exact) mass is 545 g/mol. The number of halogens is 2. The van der Waals surface area contributed by atoms with Gasteiger partial charge in [0.05, 0.1) is 28.4 Å². The number of nitrogens with one attached hydrogen (secondary N) is 1. The van der Waals surface area contributed by atoms with Crippen molar-refractivity contribution in [2.75, 3.05) is 17.6 Å². The lowest BCUT2D eigenvalue weighted by Crippen LogP contribution is -2.26. The molecule has 0 fully saturated rings. The molecule has 0 aliphatic rings. The van der Waals surface area contributed by atoms with Gasteiger partial charge in [0.25, 0.3) is 11.1 Å². The molecule has 0 saturated heterocycles. The number of aryl methyl sites for hydroxylation is 1. The highest BCUT2D eigenvalue weighted by atomic mass is 79.9. The molecule has 0 amide bonds. The number of hydrogen-bond donors (Lipinski definition) is 1. The molecule has 0 radical (unpaired) electrons. The Bertz CT molecular complexity index is 1890. The quantitative estimate of drug-likeness (QED) is 0.367. The minimum atomic E-state index is -3.70. The maximum Gasteiger partial charge on any atom is 0.260 e. The Balaban J connectivity index is 1.97. The molecule has 174 valence electrons. The maximum atomic E-state index is 13.7. The molecule has 0 saturated carbocycles. The summed E-state index contributed by atoms with van der Waals surface area (Å²) < 4.78 is 47.6. The maximum absolute atomic E-state index is 13.7. The lowest BCUT2D eigenvalue weighted by atomic mass is 10.0. The van der Waals surface area contributed by atoms with Crippen LogP contribution in [-0.2, 0) is 17.1 Å². The Morgan fingerprint density at radius 1 is 1.09 bits per heavy atom.